The zero-order valence-electron chi connectivity index (χ0n) is 17.1. The summed E-state index contributed by atoms with van der Waals surface area (Å²) in [4.78, 5) is 23.4. The fraction of sp³-hybridized carbons (Fsp3) is 0.950. The minimum Gasteiger partial charge on any atom is -0.366 e. The maximum Gasteiger partial charge on any atom is 0.453 e. The molecule has 0 aromatic rings. The van der Waals surface area contributed by atoms with Crippen LogP contribution in [-0.2, 0) is 9.53 Å². The molecular formula is C20H30F5NO4. The van der Waals surface area contributed by atoms with Gasteiger partial charge in [-0.05, 0) is 31.6 Å². The molecule has 2 aliphatic heterocycles. The van der Waals surface area contributed by atoms with Gasteiger partial charge in [-0.15, -0.1) is 0 Å². The van der Waals surface area contributed by atoms with Gasteiger partial charge in [-0.1, -0.05) is 32.6 Å². The molecule has 0 radical (unpaired) electrons. The number of ketones is 1. The Morgan fingerprint density at radius 1 is 1.10 bits per heavy atom. The van der Waals surface area contributed by atoms with E-state index in [1.54, 1.807) is 0 Å². The molecule has 3 fully saturated rings. The van der Waals surface area contributed by atoms with Crippen LogP contribution in [0, 0.1) is 22.0 Å². The van der Waals surface area contributed by atoms with Gasteiger partial charge in [0.15, 0.2) is 5.78 Å². The Morgan fingerprint density at radius 2 is 1.77 bits per heavy atom. The van der Waals surface area contributed by atoms with Gasteiger partial charge in [0.2, 0.25) is 6.04 Å². The highest BCUT2D eigenvalue weighted by Gasteiger charge is 2.66. The lowest BCUT2D eigenvalue weighted by molar-refractivity contribution is -0.524. The molecule has 174 valence electrons. The van der Waals surface area contributed by atoms with Gasteiger partial charge in [-0.2, -0.15) is 22.0 Å². The predicted molar refractivity (Wildman–Crippen MR) is 98.9 cm³/mol. The third-order valence-electron chi connectivity index (χ3n) is 6.40. The molecule has 0 spiro atoms. The molecule has 5 nitrogen and oxygen atoms in total. The molecule has 10 heteroatoms. The van der Waals surface area contributed by atoms with Crippen molar-refractivity contribution in [3.8, 4) is 0 Å². The summed E-state index contributed by atoms with van der Waals surface area (Å²) in [5.41, 5.74) is 0. The number of carbonyl (C=O) groups excluding carboxylic acids is 1. The highest BCUT2D eigenvalue weighted by Crippen LogP contribution is 2.52. The van der Waals surface area contributed by atoms with E-state index in [-0.39, 0.29) is 19.3 Å². The summed E-state index contributed by atoms with van der Waals surface area (Å²) in [6.07, 6.45) is -3.08. The van der Waals surface area contributed by atoms with Gasteiger partial charge in [0.25, 0.3) is 0 Å². The minimum atomic E-state index is -5.66. The van der Waals surface area contributed by atoms with Crippen molar-refractivity contribution in [1.82, 2.24) is 0 Å². The maximum atomic E-state index is 13.8. The molecule has 0 amide bonds. The van der Waals surface area contributed by atoms with E-state index in [9.17, 15) is 36.9 Å². The average molecular weight is 443 g/mol. The van der Waals surface area contributed by atoms with E-state index in [1.165, 1.54) is 0 Å². The minimum absolute atomic E-state index is 0.0268. The van der Waals surface area contributed by atoms with E-state index in [1.807, 2.05) is 0 Å². The number of nitro groups is 1. The first-order valence-corrected chi connectivity index (χ1v) is 10.7. The summed E-state index contributed by atoms with van der Waals surface area (Å²) in [7, 11) is 0. The zero-order chi connectivity index (χ0) is 22.5. The Kier molecular flexibility index (Phi) is 8.59. The number of Topliss-reactive ketones (excluding diaryl/α,β-unsaturated/α-hetero) is 1. The van der Waals surface area contributed by atoms with Gasteiger partial charge in [0, 0.05) is 24.2 Å². The van der Waals surface area contributed by atoms with Crippen molar-refractivity contribution in [3.63, 3.8) is 0 Å². The van der Waals surface area contributed by atoms with Crippen LogP contribution in [0.15, 0.2) is 0 Å². The number of carbonyl (C=O) groups is 1. The number of fused-ring (bicyclic) bond motifs is 3. The lowest BCUT2D eigenvalue weighted by Crippen LogP contribution is -2.58. The normalized spacial score (nSPS) is 27.8. The Hall–Kier alpha value is -1.32. The van der Waals surface area contributed by atoms with E-state index < -0.39 is 59.3 Å². The SMILES string of the molecule is CCCCCCCC(CCC(=O)C1OC2CCC1CC2C(F)(F)C(F)(F)F)[N+](=O)[O-]. The number of unbranched alkanes of at least 4 members (excludes halogenated alkanes) is 4. The van der Waals surface area contributed by atoms with Gasteiger partial charge in [0.1, 0.15) is 6.10 Å². The molecule has 2 heterocycles. The van der Waals surface area contributed by atoms with E-state index in [4.69, 9.17) is 4.74 Å². The predicted octanol–water partition coefficient (Wildman–Crippen LogP) is 5.72. The molecule has 1 aliphatic carbocycles. The first-order valence-electron chi connectivity index (χ1n) is 10.7. The van der Waals surface area contributed by atoms with Crippen molar-refractivity contribution in [2.75, 3.05) is 0 Å². The second-order valence-corrected chi connectivity index (χ2v) is 8.54. The molecule has 2 saturated heterocycles. The topological polar surface area (TPSA) is 69.4 Å². The Bertz CT molecular complexity index is 598. The van der Waals surface area contributed by atoms with Gasteiger partial charge < -0.3 is 4.74 Å². The zero-order valence-corrected chi connectivity index (χ0v) is 17.1. The standard InChI is InChI=1S/C20H30F5NO4/c1-2-3-4-5-6-7-14(26(28)29)9-10-16(27)18-13-8-11-17(30-18)15(12-13)19(21,22)20(23,24)25/h13-15,17-18H,2-12H2,1H3. The summed E-state index contributed by atoms with van der Waals surface area (Å²) in [5.74, 6) is -7.99. The number of halogens is 5. The number of ether oxygens (including phenoxy) is 1. The van der Waals surface area contributed by atoms with Crippen LogP contribution in [0.1, 0.15) is 77.6 Å². The molecule has 0 N–H and O–H groups in total. The van der Waals surface area contributed by atoms with Crippen molar-refractivity contribution in [1.29, 1.82) is 0 Å². The van der Waals surface area contributed by atoms with Crippen LogP contribution in [0.2, 0.25) is 0 Å². The third-order valence-corrected chi connectivity index (χ3v) is 6.40. The second-order valence-electron chi connectivity index (χ2n) is 8.54. The van der Waals surface area contributed by atoms with Crippen molar-refractivity contribution in [2.45, 2.75) is 108 Å². The van der Waals surface area contributed by atoms with Crippen molar-refractivity contribution in [2.24, 2.45) is 11.8 Å². The van der Waals surface area contributed by atoms with E-state index in [0.29, 0.717) is 19.3 Å². The van der Waals surface area contributed by atoms with E-state index in [2.05, 4.69) is 6.92 Å². The first kappa shape index (κ1) is 24.9. The van der Waals surface area contributed by atoms with Crippen molar-refractivity contribution >= 4 is 5.78 Å². The third kappa shape index (κ3) is 5.88. The Morgan fingerprint density at radius 3 is 2.30 bits per heavy atom. The number of hydrogen-bond donors (Lipinski definition) is 0. The first-order chi connectivity index (χ1) is 14.0. The monoisotopic (exact) mass is 443 g/mol. The van der Waals surface area contributed by atoms with Gasteiger partial charge in [0.05, 0.1) is 12.0 Å². The van der Waals surface area contributed by atoms with Crippen LogP contribution >= 0.6 is 0 Å². The Balaban J connectivity index is 1.87. The van der Waals surface area contributed by atoms with Crippen LogP contribution in [0.4, 0.5) is 22.0 Å². The summed E-state index contributed by atoms with van der Waals surface area (Å²) in [6.45, 7) is 2.07. The number of rotatable bonds is 12. The smallest absolute Gasteiger partial charge is 0.366 e. The summed E-state index contributed by atoms with van der Waals surface area (Å²) >= 11 is 0. The fourth-order valence-corrected chi connectivity index (χ4v) is 4.63. The number of alkyl halides is 5. The summed E-state index contributed by atoms with van der Waals surface area (Å²) in [5, 5.41) is 11.3. The molecule has 5 unspecified atom stereocenters. The van der Waals surface area contributed by atoms with Crippen LogP contribution in [0.3, 0.4) is 0 Å². The van der Waals surface area contributed by atoms with Gasteiger partial charge in [-0.3, -0.25) is 14.9 Å². The molecule has 1 saturated carbocycles. The molecule has 3 rings (SSSR count). The van der Waals surface area contributed by atoms with Crippen molar-refractivity contribution < 1.29 is 36.4 Å². The van der Waals surface area contributed by atoms with Crippen LogP contribution in [-0.4, -0.2) is 41.1 Å². The molecule has 30 heavy (non-hydrogen) atoms. The van der Waals surface area contributed by atoms with Gasteiger partial charge in [-0.25, -0.2) is 0 Å². The van der Waals surface area contributed by atoms with Crippen LogP contribution < -0.4 is 0 Å². The molecule has 5 atom stereocenters. The molecule has 3 aliphatic rings. The molecule has 0 aromatic carbocycles. The quantitative estimate of drug-likeness (QED) is 0.167. The highest BCUT2D eigenvalue weighted by atomic mass is 19.4. The lowest BCUT2D eigenvalue weighted by Gasteiger charge is -2.48. The summed E-state index contributed by atoms with van der Waals surface area (Å²) < 4.78 is 71.1. The summed E-state index contributed by atoms with van der Waals surface area (Å²) in [6, 6.07) is -0.862. The van der Waals surface area contributed by atoms with Gasteiger partial charge >= 0.3 is 12.1 Å². The highest BCUT2D eigenvalue weighted by molar-refractivity contribution is 5.83. The molecule has 0 aromatic heterocycles. The fourth-order valence-electron chi connectivity index (χ4n) is 4.63. The second kappa shape index (κ2) is 10.3. The van der Waals surface area contributed by atoms with Crippen LogP contribution in [0.25, 0.3) is 0 Å². The van der Waals surface area contributed by atoms with E-state index in [0.717, 1.165) is 25.7 Å². The van der Waals surface area contributed by atoms with Crippen molar-refractivity contribution in [3.05, 3.63) is 10.1 Å². The van der Waals surface area contributed by atoms with Crippen LogP contribution in [0.5, 0.6) is 0 Å². The van der Waals surface area contributed by atoms with E-state index >= 15 is 0 Å². The Labute approximate surface area is 172 Å². The number of hydrogen-bond acceptors (Lipinski definition) is 4. The maximum absolute atomic E-state index is 13.8. The largest absolute Gasteiger partial charge is 0.453 e. The average Bonchev–Trinajstić information content (AvgIpc) is 2.68. The molecular weight excluding hydrogens is 413 g/mol. The lowest BCUT2D eigenvalue weighted by atomic mass is 9.70. The molecule has 2 bridgehead atoms. The number of nitrogens with zero attached hydrogens (tertiary/aromatic N) is 1.